The Hall–Kier alpha value is -2.82. The van der Waals surface area contributed by atoms with Crippen LogP contribution in [0.4, 0.5) is 11.8 Å². The topological polar surface area (TPSA) is 88.1 Å². The van der Waals surface area contributed by atoms with Crippen LogP contribution in [0.3, 0.4) is 0 Å². The summed E-state index contributed by atoms with van der Waals surface area (Å²) in [5.41, 5.74) is 2.72. The maximum atomic E-state index is 5.66. The van der Waals surface area contributed by atoms with Crippen molar-refractivity contribution < 1.29 is 4.74 Å². The van der Waals surface area contributed by atoms with Crippen molar-refractivity contribution in [3.05, 3.63) is 59.9 Å². The van der Waals surface area contributed by atoms with Crippen molar-refractivity contribution in [3.63, 3.8) is 0 Å². The summed E-state index contributed by atoms with van der Waals surface area (Å²) in [6, 6.07) is 12.3. The highest BCUT2D eigenvalue weighted by atomic mass is 32.2. The van der Waals surface area contributed by atoms with Gasteiger partial charge in [0.1, 0.15) is 10.8 Å². The minimum Gasteiger partial charge on any atom is -0.376 e. The van der Waals surface area contributed by atoms with E-state index in [2.05, 4.69) is 54.8 Å². The number of hydrogen-bond donors (Lipinski definition) is 2. The predicted molar refractivity (Wildman–Crippen MR) is 133 cm³/mol. The second-order valence-electron chi connectivity index (χ2n) is 7.93. The largest absolute Gasteiger partial charge is 0.376 e. The van der Waals surface area contributed by atoms with Crippen LogP contribution in [0.25, 0.3) is 0 Å². The van der Waals surface area contributed by atoms with Crippen LogP contribution in [0.15, 0.2) is 59.0 Å². The molecule has 0 spiro atoms. The molecule has 0 radical (unpaired) electrons. The molecule has 33 heavy (non-hydrogen) atoms. The van der Waals surface area contributed by atoms with Crippen LogP contribution in [0, 0.1) is 0 Å². The average molecular weight is 480 g/mol. The summed E-state index contributed by atoms with van der Waals surface area (Å²) in [4.78, 5) is 20.3. The highest BCUT2D eigenvalue weighted by molar-refractivity contribution is 7.99. The molecule has 2 aliphatic heterocycles. The molecule has 2 aromatic heterocycles. The van der Waals surface area contributed by atoms with E-state index in [1.807, 2.05) is 6.07 Å². The molecule has 1 saturated heterocycles. The lowest BCUT2D eigenvalue weighted by atomic mass is 10.00. The number of thiocarbonyl (C=S) groups is 1. The molecule has 4 heterocycles. The SMILES string of the molecule is S=C(NC[C@@H]1CCCO1)Nc1nc(Sc2ncccn2)cc(N2CCc3ccccc3C2)n1. The van der Waals surface area contributed by atoms with Crippen LogP contribution in [-0.2, 0) is 17.7 Å². The highest BCUT2D eigenvalue weighted by Gasteiger charge is 2.20. The predicted octanol–water partition coefficient (Wildman–Crippen LogP) is 3.45. The normalized spacial score (nSPS) is 17.5. The molecule has 0 aliphatic carbocycles. The third-order valence-electron chi connectivity index (χ3n) is 5.62. The third-order valence-corrected chi connectivity index (χ3v) is 6.68. The van der Waals surface area contributed by atoms with Crippen LogP contribution in [-0.4, -0.2) is 50.8 Å². The van der Waals surface area contributed by atoms with E-state index >= 15 is 0 Å². The molecule has 5 rings (SSSR count). The number of aromatic nitrogens is 4. The molecule has 2 aliphatic rings. The molecule has 1 aromatic carbocycles. The molecule has 0 saturated carbocycles. The highest BCUT2D eigenvalue weighted by Crippen LogP contribution is 2.29. The van der Waals surface area contributed by atoms with Crippen molar-refractivity contribution in [1.29, 1.82) is 0 Å². The minimum absolute atomic E-state index is 0.201. The van der Waals surface area contributed by atoms with Crippen LogP contribution in [0.2, 0.25) is 0 Å². The van der Waals surface area contributed by atoms with Crippen molar-refractivity contribution in [3.8, 4) is 0 Å². The fraction of sp³-hybridized carbons (Fsp3) is 0.348. The molecule has 170 valence electrons. The summed E-state index contributed by atoms with van der Waals surface area (Å²) in [7, 11) is 0. The van der Waals surface area contributed by atoms with Crippen LogP contribution in [0.1, 0.15) is 24.0 Å². The number of ether oxygens (including phenoxy) is 1. The van der Waals surface area contributed by atoms with Crippen LogP contribution in [0.5, 0.6) is 0 Å². The smallest absolute Gasteiger partial charge is 0.232 e. The molecule has 0 bridgehead atoms. The first-order valence-corrected chi connectivity index (χ1v) is 12.3. The van der Waals surface area contributed by atoms with E-state index in [1.165, 1.54) is 22.9 Å². The van der Waals surface area contributed by atoms with Gasteiger partial charge in [-0.1, -0.05) is 24.3 Å². The number of fused-ring (bicyclic) bond motifs is 1. The average Bonchev–Trinajstić information content (AvgIpc) is 3.37. The van der Waals surface area contributed by atoms with E-state index < -0.39 is 0 Å². The van der Waals surface area contributed by atoms with Crippen molar-refractivity contribution in [2.24, 2.45) is 0 Å². The Balaban J connectivity index is 1.35. The zero-order valence-electron chi connectivity index (χ0n) is 18.1. The first-order valence-electron chi connectivity index (χ1n) is 11.0. The molecule has 1 atom stereocenters. The van der Waals surface area contributed by atoms with Crippen molar-refractivity contribution in [2.75, 3.05) is 29.9 Å². The molecule has 1 fully saturated rings. The minimum atomic E-state index is 0.201. The summed E-state index contributed by atoms with van der Waals surface area (Å²) < 4.78 is 5.66. The van der Waals surface area contributed by atoms with Crippen molar-refractivity contribution in [1.82, 2.24) is 25.3 Å². The lowest BCUT2D eigenvalue weighted by Gasteiger charge is -2.30. The zero-order chi connectivity index (χ0) is 22.5. The monoisotopic (exact) mass is 479 g/mol. The zero-order valence-corrected chi connectivity index (χ0v) is 19.7. The van der Waals surface area contributed by atoms with E-state index in [1.54, 1.807) is 18.5 Å². The Kier molecular flexibility index (Phi) is 6.94. The standard InChI is InChI=1S/C23H25N7OS2/c32-22(26-14-18-7-3-12-31-18)29-21-27-19(13-20(28-21)33-23-24-9-4-10-25-23)30-11-8-16-5-1-2-6-17(16)15-30/h1-2,4-6,9-10,13,18H,3,7-8,11-12,14-15H2,(H2,26,27,28,29,32)/t18-/m0/s1. The van der Waals surface area contributed by atoms with Crippen LogP contribution < -0.4 is 15.5 Å². The Morgan fingerprint density at radius 3 is 2.82 bits per heavy atom. The van der Waals surface area contributed by atoms with Crippen LogP contribution >= 0.6 is 24.0 Å². The summed E-state index contributed by atoms with van der Waals surface area (Å²) in [5, 5.41) is 8.26. The molecular formula is C23H25N7OS2. The number of nitrogens with one attached hydrogen (secondary N) is 2. The summed E-state index contributed by atoms with van der Waals surface area (Å²) >= 11 is 6.90. The maximum absolute atomic E-state index is 5.66. The fourth-order valence-electron chi connectivity index (χ4n) is 3.96. The van der Waals surface area contributed by atoms with Gasteiger partial charge in [0.05, 0.1) is 6.10 Å². The molecule has 0 amide bonds. The number of benzene rings is 1. The second kappa shape index (κ2) is 10.4. The third kappa shape index (κ3) is 5.76. The number of hydrogen-bond acceptors (Lipinski definition) is 8. The van der Waals surface area contributed by atoms with Crippen molar-refractivity contribution >= 4 is 40.9 Å². The van der Waals surface area contributed by atoms with E-state index in [0.717, 1.165) is 49.8 Å². The van der Waals surface area contributed by atoms with E-state index in [-0.39, 0.29) is 6.10 Å². The summed E-state index contributed by atoms with van der Waals surface area (Å²) in [5.74, 6) is 1.30. The van der Waals surface area contributed by atoms with Gasteiger partial charge in [0.2, 0.25) is 5.95 Å². The van der Waals surface area contributed by atoms with Gasteiger partial charge in [-0.15, -0.1) is 0 Å². The molecule has 0 unspecified atom stereocenters. The first kappa shape index (κ1) is 22.0. The molecular weight excluding hydrogens is 454 g/mol. The lowest BCUT2D eigenvalue weighted by Crippen LogP contribution is -2.35. The van der Waals surface area contributed by atoms with Gasteiger partial charge < -0.3 is 20.3 Å². The lowest BCUT2D eigenvalue weighted by molar-refractivity contribution is 0.114. The maximum Gasteiger partial charge on any atom is 0.232 e. The summed E-state index contributed by atoms with van der Waals surface area (Å²) in [6.45, 7) is 3.19. The van der Waals surface area contributed by atoms with Gasteiger partial charge in [-0.25, -0.2) is 15.0 Å². The quantitative estimate of drug-likeness (QED) is 0.311. The van der Waals surface area contributed by atoms with E-state index in [9.17, 15) is 0 Å². The Morgan fingerprint density at radius 2 is 2.00 bits per heavy atom. The van der Waals surface area contributed by atoms with Gasteiger partial charge in [0.25, 0.3) is 0 Å². The van der Waals surface area contributed by atoms with Gasteiger partial charge in [-0.3, -0.25) is 0 Å². The fourth-order valence-corrected chi connectivity index (χ4v) is 4.85. The van der Waals surface area contributed by atoms with Gasteiger partial charge in [0, 0.05) is 44.7 Å². The van der Waals surface area contributed by atoms with Gasteiger partial charge in [-0.05, 0) is 60.4 Å². The Bertz CT molecular complexity index is 1110. The molecule has 2 N–H and O–H groups in total. The number of rotatable bonds is 6. The Labute approximate surface area is 202 Å². The van der Waals surface area contributed by atoms with E-state index in [0.29, 0.717) is 22.8 Å². The second-order valence-corrected chi connectivity index (χ2v) is 9.33. The number of anilines is 2. The van der Waals surface area contributed by atoms with Gasteiger partial charge in [0.15, 0.2) is 10.3 Å². The molecule has 10 heteroatoms. The van der Waals surface area contributed by atoms with E-state index in [4.69, 9.17) is 21.9 Å². The first-order chi connectivity index (χ1) is 16.2. The molecule has 3 aromatic rings. The number of nitrogens with zero attached hydrogens (tertiary/aromatic N) is 5. The van der Waals surface area contributed by atoms with Gasteiger partial charge >= 0.3 is 0 Å². The summed E-state index contributed by atoms with van der Waals surface area (Å²) in [6.07, 6.45) is 6.78. The molecule has 8 nitrogen and oxygen atoms in total. The van der Waals surface area contributed by atoms with Gasteiger partial charge in [-0.2, -0.15) is 4.98 Å². The van der Waals surface area contributed by atoms with Crippen molar-refractivity contribution in [2.45, 2.75) is 42.1 Å². The Morgan fingerprint density at radius 1 is 1.15 bits per heavy atom.